The monoisotopic (exact) mass is 443 g/mol. The van der Waals surface area contributed by atoms with E-state index >= 15 is 0 Å². The zero-order chi connectivity index (χ0) is 22.2. The SMILES string of the molecule is COc1ccc(C(=O)N2C[C@@H]3CN(CCSC)C[C@@H]3[C@H]2c2ccccc2)cn1.O=CO. The average molecular weight is 444 g/mol. The smallest absolute Gasteiger partial charge is 0.290 e. The molecule has 31 heavy (non-hydrogen) atoms. The van der Waals surface area contributed by atoms with Gasteiger partial charge in [-0.3, -0.25) is 9.59 Å². The van der Waals surface area contributed by atoms with Gasteiger partial charge in [0.2, 0.25) is 5.88 Å². The first-order chi connectivity index (χ1) is 15.1. The number of methoxy groups -OCH3 is 1. The Bertz CT molecular complexity index is 850. The first-order valence-electron chi connectivity index (χ1n) is 10.3. The predicted octanol–water partition coefficient (Wildman–Crippen LogP) is 2.90. The number of carboxylic acid groups (broad SMARTS) is 1. The molecule has 1 aromatic heterocycles. The Kier molecular flexibility index (Phi) is 8.31. The molecule has 2 saturated heterocycles. The van der Waals surface area contributed by atoms with Crippen LogP contribution in [-0.4, -0.2) is 77.6 Å². The molecule has 3 heterocycles. The molecule has 0 bridgehead atoms. The van der Waals surface area contributed by atoms with Crippen molar-refractivity contribution >= 4 is 24.1 Å². The zero-order valence-corrected chi connectivity index (χ0v) is 18.7. The fraction of sp³-hybridized carbons (Fsp3) is 0.435. The highest BCUT2D eigenvalue weighted by Gasteiger charge is 2.48. The minimum Gasteiger partial charge on any atom is -0.483 e. The Morgan fingerprint density at radius 1 is 1.23 bits per heavy atom. The highest BCUT2D eigenvalue weighted by Crippen LogP contribution is 2.45. The summed E-state index contributed by atoms with van der Waals surface area (Å²) in [5.41, 5.74) is 1.86. The average Bonchev–Trinajstić information content (AvgIpc) is 3.36. The van der Waals surface area contributed by atoms with E-state index in [1.54, 1.807) is 19.4 Å². The number of pyridine rings is 1. The number of ether oxygens (including phenoxy) is 1. The van der Waals surface area contributed by atoms with E-state index in [0.717, 1.165) is 31.9 Å². The summed E-state index contributed by atoms with van der Waals surface area (Å²) in [4.78, 5) is 30.6. The van der Waals surface area contributed by atoms with E-state index in [9.17, 15) is 4.79 Å². The van der Waals surface area contributed by atoms with Crippen LogP contribution in [0.5, 0.6) is 5.88 Å². The van der Waals surface area contributed by atoms with E-state index in [2.05, 4.69) is 45.3 Å². The highest BCUT2D eigenvalue weighted by molar-refractivity contribution is 7.98. The van der Waals surface area contributed by atoms with Crippen molar-refractivity contribution in [3.63, 3.8) is 0 Å². The number of nitrogens with zero attached hydrogens (tertiary/aromatic N) is 3. The normalized spacial score (nSPS) is 22.4. The molecule has 4 rings (SSSR count). The molecule has 2 aliphatic heterocycles. The van der Waals surface area contributed by atoms with E-state index in [1.165, 1.54) is 5.56 Å². The molecule has 2 fully saturated rings. The lowest BCUT2D eigenvalue weighted by atomic mass is 9.89. The number of benzene rings is 1. The lowest BCUT2D eigenvalue weighted by molar-refractivity contribution is -0.122. The molecule has 0 saturated carbocycles. The third kappa shape index (κ3) is 5.37. The summed E-state index contributed by atoms with van der Waals surface area (Å²) in [7, 11) is 1.58. The highest BCUT2D eigenvalue weighted by atomic mass is 32.2. The molecule has 7 nitrogen and oxygen atoms in total. The van der Waals surface area contributed by atoms with Crippen LogP contribution in [0.4, 0.5) is 0 Å². The maximum atomic E-state index is 13.3. The van der Waals surface area contributed by atoms with E-state index in [1.807, 2.05) is 23.9 Å². The molecule has 8 heteroatoms. The lowest BCUT2D eigenvalue weighted by Crippen LogP contribution is -2.36. The summed E-state index contributed by atoms with van der Waals surface area (Å²) in [6, 6.07) is 14.2. The number of rotatable bonds is 6. The fourth-order valence-electron chi connectivity index (χ4n) is 4.62. The van der Waals surface area contributed by atoms with Crippen molar-refractivity contribution < 1.29 is 19.4 Å². The van der Waals surface area contributed by atoms with Gasteiger partial charge in [-0.15, -0.1) is 0 Å². The van der Waals surface area contributed by atoms with Crippen molar-refractivity contribution in [2.24, 2.45) is 11.8 Å². The van der Waals surface area contributed by atoms with Gasteiger partial charge < -0.3 is 19.6 Å². The Morgan fingerprint density at radius 2 is 1.97 bits per heavy atom. The van der Waals surface area contributed by atoms with Crippen LogP contribution >= 0.6 is 11.8 Å². The Labute approximate surface area is 187 Å². The number of carbonyl (C=O) groups excluding carboxylic acids is 1. The number of likely N-dealkylation sites (tertiary alicyclic amines) is 2. The molecular weight excluding hydrogens is 414 g/mol. The number of hydrogen-bond acceptors (Lipinski definition) is 6. The van der Waals surface area contributed by atoms with Gasteiger partial charge in [0, 0.05) is 50.1 Å². The number of hydrogen-bond donors (Lipinski definition) is 1. The molecule has 0 spiro atoms. The largest absolute Gasteiger partial charge is 0.483 e. The summed E-state index contributed by atoms with van der Waals surface area (Å²) in [5, 5.41) is 6.89. The van der Waals surface area contributed by atoms with E-state index in [4.69, 9.17) is 14.6 Å². The Balaban J connectivity index is 0.000000858. The minimum atomic E-state index is -0.250. The lowest BCUT2D eigenvalue weighted by Gasteiger charge is -2.30. The molecule has 2 aliphatic rings. The fourth-order valence-corrected chi connectivity index (χ4v) is 5.06. The van der Waals surface area contributed by atoms with E-state index in [-0.39, 0.29) is 18.4 Å². The number of carbonyl (C=O) groups is 2. The topological polar surface area (TPSA) is 83.0 Å². The van der Waals surface area contributed by atoms with Crippen LogP contribution in [0.3, 0.4) is 0 Å². The van der Waals surface area contributed by atoms with Crippen LogP contribution in [0.1, 0.15) is 22.0 Å². The maximum absolute atomic E-state index is 13.3. The number of fused-ring (bicyclic) bond motifs is 1. The minimum absolute atomic E-state index is 0.0640. The standard InChI is InChI=1S/C22H27N3O2S.CH2O2/c1-27-20-9-8-17(12-23-20)22(26)25-14-18-13-24(10-11-28-2)15-19(18)21(25)16-6-4-3-5-7-16;2-1-3/h3-9,12,18-19,21H,10-11,13-15H2,1-2H3;1H,(H,2,3)/t18-,19-,21+;/m0./s1. The van der Waals surface area contributed by atoms with Gasteiger partial charge in [0.05, 0.1) is 18.7 Å². The molecule has 1 amide bonds. The molecule has 1 N–H and O–H groups in total. The molecule has 0 radical (unpaired) electrons. The Morgan fingerprint density at radius 3 is 2.58 bits per heavy atom. The summed E-state index contributed by atoms with van der Waals surface area (Å²) in [6.45, 7) is 3.84. The second-order valence-electron chi connectivity index (χ2n) is 7.68. The molecule has 166 valence electrons. The van der Waals surface area contributed by atoms with Crippen LogP contribution < -0.4 is 4.74 Å². The van der Waals surface area contributed by atoms with Gasteiger partial charge in [0.1, 0.15) is 0 Å². The van der Waals surface area contributed by atoms with Crippen molar-refractivity contribution in [1.82, 2.24) is 14.8 Å². The number of thioether (sulfide) groups is 1. The predicted molar refractivity (Wildman–Crippen MR) is 122 cm³/mol. The van der Waals surface area contributed by atoms with Crippen LogP contribution in [-0.2, 0) is 4.79 Å². The molecule has 1 aromatic carbocycles. The van der Waals surface area contributed by atoms with Gasteiger partial charge in [-0.05, 0) is 23.8 Å². The van der Waals surface area contributed by atoms with Crippen molar-refractivity contribution in [3.8, 4) is 5.88 Å². The molecular formula is C23H29N3O4S. The van der Waals surface area contributed by atoms with Crippen molar-refractivity contribution in [1.29, 1.82) is 0 Å². The quantitative estimate of drug-likeness (QED) is 0.688. The maximum Gasteiger partial charge on any atom is 0.290 e. The Hall–Kier alpha value is -2.58. The third-order valence-electron chi connectivity index (χ3n) is 5.95. The summed E-state index contributed by atoms with van der Waals surface area (Å²) in [6.07, 6.45) is 3.79. The van der Waals surface area contributed by atoms with E-state index < -0.39 is 0 Å². The number of amides is 1. The van der Waals surface area contributed by atoms with Crippen molar-refractivity contribution in [2.75, 3.05) is 45.3 Å². The summed E-state index contributed by atoms with van der Waals surface area (Å²) >= 11 is 1.90. The van der Waals surface area contributed by atoms with Gasteiger partial charge in [-0.25, -0.2) is 4.98 Å². The van der Waals surface area contributed by atoms with Gasteiger partial charge in [-0.2, -0.15) is 11.8 Å². The van der Waals surface area contributed by atoms with Gasteiger partial charge in [0.25, 0.3) is 12.4 Å². The summed E-state index contributed by atoms with van der Waals surface area (Å²) < 4.78 is 5.13. The molecule has 0 unspecified atom stereocenters. The van der Waals surface area contributed by atoms with Crippen LogP contribution in [0, 0.1) is 11.8 Å². The van der Waals surface area contributed by atoms with Gasteiger partial charge >= 0.3 is 0 Å². The van der Waals surface area contributed by atoms with Gasteiger partial charge in [-0.1, -0.05) is 30.3 Å². The molecule has 0 aliphatic carbocycles. The van der Waals surface area contributed by atoms with Crippen LogP contribution in [0.15, 0.2) is 48.7 Å². The van der Waals surface area contributed by atoms with Crippen molar-refractivity contribution in [3.05, 3.63) is 59.8 Å². The summed E-state index contributed by atoms with van der Waals surface area (Å²) in [5.74, 6) is 2.77. The molecule has 2 aromatic rings. The van der Waals surface area contributed by atoms with Gasteiger partial charge in [0.15, 0.2) is 0 Å². The second-order valence-corrected chi connectivity index (χ2v) is 8.67. The number of aromatic nitrogens is 1. The van der Waals surface area contributed by atoms with Crippen molar-refractivity contribution in [2.45, 2.75) is 6.04 Å². The second kappa shape index (κ2) is 11.2. The molecule has 3 atom stereocenters. The first-order valence-corrected chi connectivity index (χ1v) is 11.7. The third-order valence-corrected chi connectivity index (χ3v) is 6.54. The zero-order valence-electron chi connectivity index (χ0n) is 17.9. The van der Waals surface area contributed by atoms with E-state index in [0.29, 0.717) is 23.3 Å². The van der Waals surface area contributed by atoms with Crippen LogP contribution in [0.25, 0.3) is 0 Å². The van der Waals surface area contributed by atoms with Crippen LogP contribution in [0.2, 0.25) is 0 Å². The first kappa shape index (κ1) is 23.1.